The van der Waals surface area contributed by atoms with Crippen LogP contribution in [0.2, 0.25) is 5.02 Å². The summed E-state index contributed by atoms with van der Waals surface area (Å²) in [6.07, 6.45) is 0.343. The zero-order valence-corrected chi connectivity index (χ0v) is 14.5. The van der Waals surface area contributed by atoms with Crippen molar-refractivity contribution in [1.29, 1.82) is 0 Å². The van der Waals surface area contributed by atoms with Gasteiger partial charge in [-0.15, -0.1) is 0 Å². The SMILES string of the molecule is CC1(C(=O)NCCOc2cccc(Cl)c2)Cc2ccccc2C(=O)O1. The molecule has 0 saturated heterocycles. The van der Waals surface area contributed by atoms with E-state index in [1.807, 2.05) is 12.1 Å². The topological polar surface area (TPSA) is 64.6 Å². The molecule has 0 aliphatic carbocycles. The monoisotopic (exact) mass is 359 g/mol. The maximum absolute atomic E-state index is 12.5. The number of benzene rings is 2. The van der Waals surface area contributed by atoms with Crippen molar-refractivity contribution in [2.45, 2.75) is 18.9 Å². The number of cyclic esters (lactones) is 1. The highest BCUT2D eigenvalue weighted by Crippen LogP contribution is 2.28. The maximum Gasteiger partial charge on any atom is 0.339 e. The Balaban J connectivity index is 1.55. The summed E-state index contributed by atoms with van der Waals surface area (Å²) in [5, 5.41) is 3.34. The second kappa shape index (κ2) is 7.15. The average molecular weight is 360 g/mol. The van der Waals surface area contributed by atoms with E-state index in [-0.39, 0.29) is 12.5 Å². The molecule has 1 aliphatic rings. The van der Waals surface area contributed by atoms with Crippen LogP contribution in [0, 0.1) is 0 Å². The molecule has 0 bridgehead atoms. The molecule has 2 aromatic rings. The third-order valence-corrected chi connectivity index (χ3v) is 4.25. The molecule has 2 aromatic carbocycles. The van der Waals surface area contributed by atoms with E-state index in [4.69, 9.17) is 21.1 Å². The van der Waals surface area contributed by atoms with Crippen LogP contribution in [-0.2, 0) is 16.0 Å². The van der Waals surface area contributed by atoms with Crippen molar-refractivity contribution in [2.24, 2.45) is 0 Å². The Kier molecular flexibility index (Phi) is 4.95. The molecule has 1 N–H and O–H groups in total. The van der Waals surface area contributed by atoms with Gasteiger partial charge in [0, 0.05) is 11.4 Å². The summed E-state index contributed by atoms with van der Waals surface area (Å²) < 4.78 is 10.9. The van der Waals surface area contributed by atoms with Gasteiger partial charge in [0.2, 0.25) is 0 Å². The second-order valence-corrected chi connectivity index (χ2v) is 6.45. The summed E-state index contributed by atoms with van der Waals surface area (Å²) in [5.74, 6) is -0.189. The van der Waals surface area contributed by atoms with Crippen LogP contribution >= 0.6 is 11.6 Å². The number of carbonyl (C=O) groups excluding carboxylic acids is 2. The van der Waals surface area contributed by atoms with Gasteiger partial charge in [0.05, 0.1) is 12.1 Å². The molecule has 5 nitrogen and oxygen atoms in total. The molecule has 130 valence electrons. The number of rotatable bonds is 5. The number of fused-ring (bicyclic) bond motifs is 1. The van der Waals surface area contributed by atoms with Crippen LogP contribution in [0.3, 0.4) is 0 Å². The van der Waals surface area contributed by atoms with Gasteiger partial charge in [0.25, 0.3) is 5.91 Å². The van der Waals surface area contributed by atoms with Gasteiger partial charge in [-0.3, -0.25) is 4.79 Å². The lowest BCUT2D eigenvalue weighted by Gasteiger charge is -2.33. The van der Waals surface area contributed by atoms with Gasteiger partial charge in [-0.1, -0.05) is 35.9 Å². The number of esters is 1. The van der Waals surface area contributed by atoms with Gasteiger partial charge in [0.15, 0.2) is 5.60 Å². The Hall–Kier alpha value is -2.53. The molecule has 1 heterocycles. The fourth-order valence-electron chi connectivity index (χ4n) is 2.74. The first-order chi connectivity index (χ1) is 12.0. The van der Waals surface area contributed by atoms with Crippen molar-refractivity contribution < 1.29 is 19.1 Å². The molecule has 1 unspecified atom stereocenters. The lowest BCUT2D eigenvalue weighted by Crippen LogP contribution is -2.52. The van der Waals surface area contributed by atoms with E-state index >= 15 is 0 Å². The van der Waals surface area contributed by atoms with Crippen LogP contribution in [0.5, 0.6) is 5.75 Å². The fourth-order valence-corrected chi connectivity index (χ4v) is 2.92. The molecule has 0 fully saturated rings. The quantitative estimate of drug-likeness (QED) is 0.658. The number of carbonyl (C=O) groups is 2. The number of hydrogen-bond donors (Lipinski definition) is 1. The van der Waals surface area contributed by atoms with Crippen LogP contribution in [0.25, 0.3) is 0 Å². The van der Waals surface area contributed by atoms with Gasteiger partial charge in [-0.2, -0.15) is 0 Å². The third kappa shape index (κ3) is 3.94. The van der Waals surface area contributed by atoms with Gasteiger partial charge in [-0.05, 0) is 36.8 Å². The molecule has 0 radical (unpaired) electrons. The first-order valence-electron chi connectivity index (χ1n) is 7.96. The summed E-state index contributed by atoms with van der Waals surface area (Å²) in [4.78, 5) is 24.6. The molecular formula is C19H18ClNO4. The van der Waals surface area contributed by atoms with Crippen molar-refractivity contribution in [1.82, 2.24) is 5.32 Å². The average Bonchev–Trinajstić information content (AvgIpc) is 2.58. The summed E-state index contributed by atoms with van der Waals surface area (Å²) in [5.41, 5.74) is 0.102. The van der Waals surface area contributed by atoms with Crippen LogP contribution in [0.4, 0.5) is 0 Å². The number of nitrogens with one attached hydrogen (secondary N) is 1. The van der Waals surface area contributed by atoms with Crippen LogP contribution in [-0.4, -0.2) is 30.6 Å². The summed E-state index contributed by atoms with van der Waals surface area (Å²) in [7, 11) is 0. The largest absolute Gasteiger partial charge is 0.492 e. The van der Waals surface area contributed by atoms with Gasteiger partial charge in [-0.25, -0.2) is 4.79 Å². The predicted octanol–water partition coefficient (Wildman–Crippen LogP) is 3.01. The Morgan fingerprint density at radius 2 is 2.08 bits per heavy atom. The highest BCUT2D eigenvalue weighted by atomic mass is 35.5. The smallest absolute Gasteiger partial charge is 0.339 e. The zero-order valence-electron chi connectivity index (χ0n) is 13.8. The van der Waals surface area contributed by atoms with Crippen molar-refractivity contribution in [3.63, 3.8) is 0 Å². The molecule has 0 spiro atoms. The van der Waals surface area contributed by atoms with Crippen LogP contribution in [0.1, 0.15) is 22.8 Å². The molecule has 3 rings (SSSR count). The molecule has 1 amide bonds. The third-order valence-electron chi connectivity index (χ3n) is 4.02. The first kappa shape index (κ1) is 17.3. The Bertz CT molecular complexity index is 808. The van der Waals surface area contributed by atoms with E-state index in [2.05, 4.69) is 5.32 Å². The molecule has 0 saturated carbocycles. The number of ether oxygens (including phenoxy) is 2. The molecule has 1 atom stereocenters. The standard InChI is InChI=1S/C19H18ClNO4/c1-19(12-13-5-2-3-8-16(13)17(22)25-19)18(23)21-9-10-24-15-7-4-6-14(20)11-15/h2-8,11H,9-10,12H2,1H3,(H,21,23). The zero-order chi connectivity index (χ0) is 17.9. The number of amides is 1. The van der Waals surface area contributed by atoms with Crippen LogP contribution in [0.15, 0.2) is 48.5 Å². The van der Waals surface area contributed by atoms with E-state index in [1.54, 1.807) is 43.3 Å². The van der Waals surface area contributed by atoms with E-state index in [0.717, 1.165) is 5.56 Å². The van der Waals surface area contributed by atoms with Crippen molar-refractivity contribution >= 4 is 23.5 Å². The predicted molar refractivity (Wildman–Crippen MR) is 93.9 cm³/mol. The molecule has 6 heteroatoms. The molecular weight excluding hydrogens is 342 g/mol. The summed E-state index contributed by atoms with van der Waals surface area (Å²) in [6.45, 7) is 2.20. The minimum Gasteiger partial charge on any atom is -0.492 e. The second-order valence-electron chi connectivity index (χ2n) is 6.02. The highest BCUT2D eigenvalue weighted by molar-refractivity contribution is 6.30. The van der Waals surface area contributed by atoms with E-state index in [0.29, 0.717) is 29.3 Å². The highest BCUT2D eigenvalue weighted by Gasteiger charge is 2.42. The maximum atomic E-state index is 12.5. The minimum absolute atomic E-state index is 0.284. The van der Waals surface area contributed by atoms with Crippen LogP contribution < -0.4 is 10.1 Å². The molecule has 25 heavy (non-hydrogen) atoms. The Morgan fingerprint density at radius 3 is 2.88 bits per heavy atom. The van der Waals surface area contributed by atoms with Gasteiger partial charge >= 0.3 is 5.97 Å². The summed E-state index contributed by atoms with van der Waals surface area (Å²) in [6, 6.07) is 14.2. The number of hydrogen-bond acceptors (Lipinski definition) is 4. The van der Waals surface area contributed by atoms with E-state index < -0.39 is 11.6 Å². The van der Waals surface area contributed by atoms with Crippen molar-refractivity contribution in [3.8, 4) is 5.75 Å². The Labute approximate surface area is 150 Å². The molecule has 0 aromatic heterocycles. The van der Waals surface area contributed by atoms with E-state index in [1.165, 1.54) is 0 Å². The minimum atomic E-state index is -1.22. The van der Waals surface area contributed by atoms with Gasteiger partial charge in [0.1, 0.15) is 12.4 Å². The van der Waals surface area contributed by atoms with Gasteiger partial charge < -0.3 is 14.8 Å². The summed E-state index contributed by atoms with van der Waals surface area (Å²) >= 11 is 5.88. The first-order valence-corrected chi connectivity index (χ1v) is 8.34. The lowest BCUT2D eigenvalue weighted by atomic mass is 9.89. The van der Waals surface area contributed by atoms with Crippen molar-refractivity contribution in [3.05, 3.63) is 64.7 Å². The Morgan fingerprint density at radius 1 is 1.28 bits per heavy atom. The number of halogens is 1. The molecule has 1 aliphatic heterocycles. The van der Waals surface area contributed by atoms with E-state index in [9.17, 15) is 9.59 Å². The normalized spacial score (nSPS) is 18.9. The fraction of sp³-hybridized carbons (Fsp3) is 0.263. The van der Waals surface area contributed by atoms with Crippen molar-refractivity contribution in [2.75, 3.05) is 13.2 Å². The lowest BCUT2D eigenvalue weighted by molar-refractivity contribution is -0.139.